The molecule has 4 aromatic rings. The molecule has 0 spiro atoms. The van der Waals surface area contributed by atoms with Crippen LogP contribution in [0.4, 0.5) is 5.69 Å². The minimum atomic E-state index is -0.510. The Labute approximate surface area is 244 Å². The third-order valence-corrected chi connectivity index (χ3v) is 7.40. The number of thiocarbonyl (C=S) groups is 1. The molecule has 0 atom stereocenters. The van der Waals surface area contributed by atoms with Gasteiger partial charge in [0.15, 0.2) is 10.1 Å². The van der Waals surface area contributed by atoms with Crippen LogP contribution in [0.25, 0.3) is 23.0 Å². The lowest BCUT2D eigenvalue weighted by molar-refractivity contribution is -0.385. The third-order valence-electron chi connectivity index (χ3n) is 6.10. The SMILES string of the molecule is CCOc1ccc(-c2nn(-c3ccccc3)cc2/C=C2\SC(=S)N(NC(=O)c3ccc(C)cc3)C2=O)cc1[N+](=O)[O-]. The molecule has 1 N–H and O–H groups in total. The first-order chi connectivity index (χ1) is 19.7. The van der Waals surface area contributed by atoms with Crippen LogP contribution in [0.3, 0.4) is 0 Å². The van der Waals surface area contributed by atoms with Gasteiger partial charge in [0, 0.05) is 29.0 Å². The van der Waals surface area contributed by atoms with Gasteiger partial charge in [-0.05, 0) is 68.5 Å². The molecule has 0 aliphatic carbocycles. The zero-order valence-electron chi connectivity index (χ0n) is 21.9. The molecule has 1 aliphatic rings. The van der Waals surface area contributed by atoms with Crippen LogP contribution in [0, 0.1) is 17.0 Å². The van der Waals surface area contributed by atoms with Crippen LogP contribution in [0.2, 0.25) is 0 Å². The van der Waals surface area contributed by atoms with Gasteiger partial charge < -0.3 is 4.74 Å². The number of nitrogens with one attached hydrogen (secondary N) is 1. The fraction of sp³-hybridized carbons (Fsp3) is 0.103. The van der Waals surface area contributed by atoms with Crippen molar-refractivity contribution in [1.29, 1.82) is 0 Å². The zero-order valence-corrected chi connectivity index (χ0v) is 23.6. The van der Waals surface area contributed by atoms with Crippen LogP contribution in [-0.4, -0.2) is 42.5 Å². The predicted octanol–water partition coefficient (Wildman–Crippen LogP) is 5.70. The summed E-state index contributed by atoms with van der Waals surface area (Å²) in [5.74, 6) is -0.825. The number of ether oxygens (including phenoxy) is 1. The minimum absolute atomic E-state index is 0.149. The first-order valence-electron chi connectivity index (χ1n) is 12.5. The molecule has 0 bridgehead atoms. The second-order valence-electron chi connectivity index (χ2n) is 8.91. The van der Waals surface area contributed by atoms with Gasteiger partial charge >= 0.3 is 5.69 Å². The summed E-state index contributed by atoms with van der Waals surface area (Å²) in [7, 11) is 0. The number of para-hydroxylation sites is 1. The highest BCUT2D eigenvalue weighted by molar-refractivity contribution is 8.26. The van der Waals surface area contributed by atoms with Crippen molar-refractivity contribution < 1.29 is 19.2 Å². The quantitative estimate of drug-likeness (QED) is 0.121. The molecule has 1 fully saturated rings. The fourth-order valence-electron chi connectivity index (χ4n) is 4.09. The molecule has 10 nitrogen and oxygen atoms in total. The Morgan fingerprint density at radius 3 is 2.56 bits per heavy atom. The van der Waals surface area contributed by atoms with E-state index in [9.17, 15) is 19.7 Å². The standard InChI is InChI=1S/C29H23N5O5S2/c1-3-39-24-14-13-20(15-23(24)34(37)38)26-21(17-32(30-26)22-7-5-4-6-8-22)16-25-28(36)33(29(40)41-25)31-27(35)19-11-9-18(2)10-12-19/h4-17H,3H2,1-2H3,(H,31,35)/b25-16-. The number of benzene rings is 3. The number of carbonyl (C=O) groups excluding carboxylic acids is 2. The van der Waals surface area contributed by atoms with Crippen molar-refractivity contribution in [3.63, 3.8) is 0 Å². The van der Waals surface area contributed by atoms with E-state index in [-0.39, 0.29) is 27.3 Å². The van der Waals surface area contributed by atoms with Crippen molar-refractivity contribution in [3.8, 4) is 22.7 Å². The number of nitrogens with zero attached hydrogens (tertiary/aromatic N) is 4. The van der Waals surface area contributed by atoms with Crippen molar-refractivity contribution in [2.24, 2.45) is 0 Å². The Morgan fingerprint density at radius 1 is 1.15 bits per heavy atom. The number of aromatic nitrogens is 2. The number of carbonyl (C=O) groups is 2. The maximum atomic E-state index is 13.3. The molecule has 5 rings (SSSR count). The van der Waals surface area contributed by atoms with E-state index < -0.39 is 16.7 Å². The van der Waals surface area contributed by atoms with Crippen molar-refractivity contribution in [2.75, 3.05) is 6.61 Å². The molecule has 0 unspecified atom stereocenters. The maximum Gasteiger partial charge on any atom is 0.311 e. The number of aryl methyl sites for hydroxylation is 1. The normalized spacial score (nSPS) is 14.0. The third kappa shape index (κ3) is 5.88. The molecule has 0 saturated carbocycles. The van der Waals surface area contributed by atoms with E-state index in [1.807, 2.05) is 37.3 Å². The number of thioether (sulfide) groups is 1. The summed E-state index contributed by atoms with van der Waals surface area (Å²) in [4.78, 5) is 37.6. The number of rotatable bonds is 8. The number of nitro benzene ring substituents is 1. The average molecular weight is 586 g/mol. The molecule has 1 aromatic heterocycles. The van der Waals surface area contributed by atoms with Gasteiger partial charge in [0.1, 0.15) is 5.69 Å². The summed E-state index contributed by atoms with van der Waals surface area (Å²) in [5.41, 5.74) is 5.92. The van der Waals surface area contributed by atoms with Gasteiger partial charge in [0.2, 0.25) is 0 Å². The molecular weight excluding hydrogens is 562 g/mol. The summed E-state index contributed by atoms with van der Waals surface area (Å²) < 4.78 is 7.22. The van der Waals surface area contributed by atoms with Crippen molar-refractivity contribution >= 4 is 51.9 Å². The second kappa shape index (κ2) is 11.7. The van der Waals surface area contributed by atoms with Gasteiger partial charge in [-0.25, -0.2) is 4.68 Å². The van der Waals surface area contributed by atoms with Crippen LogP contribution in [0.5, 0.6) is 5.75 Å². The Bertz CT molecular complexity index is 1700. The molecule has 3 aromatic carbocycles. The van der Waals surface area contributed by atoms with E-state index in [1.54, 1.807) is 54.2 Å². The first-order valence-corrected chi connectivity index (χ1v) is 13.7. The van der Waals surface area contributed by atoms with E-state index in [0.29, 0.717) is 22.4 Å². The maximum absolute atomic E-state index is 13.3. The minimum Gasteiger partial charge on any atom is -0.487 e. The number of hydrogen-bond acceptors (Lipinski definition) is 8. The molecular formula is C29H23N5O5S2. The molecule has 0 radical (unpaired) electrons. The summed E-state index contributed by atoms with van der Waals surface area (Å²) in [6.07, 6.45) is 3.34. The Kier molecular flexibility index (Phi) is 7.95. The molecule has 2 heterocycles. The van der Waals surface area contributed by atoms with Gasteiger partial charge in [0.05, 0.1) is 22.1 Å². The molecule has 2 amide bonds. The Balaban J connectivity index is 1.52. The Morgan fingerprint density at radius 2 is 1.88 bits per heavy atom. The van der Waals surface area contributed by atoms with E-state index in [4.69, 9.17) is 22.1 Å². The lowest BCUT2D eigenvalue weighted by Crippen LogP contribution is -2.44. The largest absolute Gasteiger partial charge is 0.487 e. The van der Waals surface area contributed by atoms with Crippen LogP contribution in [0.15, 0.2) is 83.9 Å². The highest BCUT2D eigenvalue weighted by Gasteiger charge is 2.34. The molecule has 1 saturated heterocycles. The van der Waals surface area contributed by atoms with E-state index in [2.05, 4.69) is 5.43 Å². The highest BCUT2D eigenvalue weighted by atomic mass is 32.2. The lowest BCUT2D eigenvalue weighted by Gasteiger charge is -2.15. The lowest BCUT2D eigenvalue weighted by atomic mass is 10.1. The summed E-state index contributed by atoms with van der Waals surface area (Å²) in [5, 5.41) is 17.5. The molecule has 41 heavy (non-hydrogen) atoms. The smallest absolute Gasteiger partial charge is 0.311 e. The van der Waals surface area contributed by atoms with Gasteiger partial charge in [0.25, 0.3) is 11.8 Å². The monoisotopic (exact) mass is 585 g/mol. The van der Waals surface area contributed by atoms with E-state index in [1.165, 1.54) is 12.1 Å². The van der Waals surface area contributed by atoms with Gasteiger partial charge in [-0.15, -0.1) is 0 Å². The molecule has 206 valence electrons. The van der Waals surface area contributed by atoms with Gasteiger partial charge in [-0.3, -0.25) is 25.1 Å². The van der Waals surface area contributed by atoms with Crippen molar-refractivity contribution in [1.82, 2.24) is 20.2 Å². The summed E-state index contributed by atoms with van der Waals surface area (Å²) in [6.45, 7) is 3.93. The summed E-state index contributed by atoms with van der Waals surface area (Å²) >= 11 is 6.43. The summed E-state index contributed by atoms with van der Waals surface area (Å²) in [6, 6.07) is 20.9. The first kappa shape index (κ1) is 27.7. The van der Waals surface area contributed by atoms with Crippen LogP contribution >= 0.6 is 24.0 Å². The predicted molar refractivity (Wildman–Crippen MR) is 160 cm³/mol. The molecule has 1 aliphatic heterocycles. The highest BCUT2D eigenvalue weighted by Crippen LogP contribution is 2.37. The fourth-order valence-corrected chi connectivity index (χ4v) is 5.26. The van der Waals surface area contributed by atoms with Crippen molar-refractivity contribution in [2.45, 2.75) is 13.8 Å². The van der Waals surface area contributed by atoms with Crippen LogP contribution in [0.1, 0.15) is 28.4 Å². The average Bonchev–Trinajstić information content (AvgIpc) is 3.50. The molecule has 12 heteroatoms. The van der Waals surface area contributed by atoms with E-state index in [0.717, 1.165) is 28.0 Å². The number of nitro groups is 1. The topological polar surface area (TPSA) is 120 Å². The number of hydrogen-bond donors (Lipinski definition) is 1. The van der Waals surface area contributed by atoms with Crippen molar-refractivity contribution in [3.05, 3.63) is 111 Å². The van der Waals surface area contributed by atoms with Gasteiger partial charge in [-0.1, -0.05) is 47.7 Å². The Hall–Kier alpha value is -4.81. The van der Waals surface area contributed by atoms with Crippen LogP contribution < -0.4 is 10.2 Å². The zero-order chi connectivity index (χ0) is 29.1. The number of amides is 2. The van der Waals surface area contributed by atoms with E-state index >= 15 is 0 Å². The second-order valence-corrected chi connectivity index (χ2v) is 10.6. The number of hydrazine groups is 1. The van der Waals surface area contributed by atoms with Gasteiger partial charge in [-0.2, -0.15) is 10.1 Å². The van der Waals surface area contributed by atoms with Crippen LogP contribution in [-0.2, 0) is 4.79 Å².